The van der Waals surface area contributed by atoms with E-state index < -0.39 is 0 Å². The molecule has 94 valence electrons. The van der Waals surface area contributed by atoms with E-state index in [1.807, 2.05) is 26.0 Å². The summed E-state index contributed by atoms with van der Waals surface area (Å²) >= 11 is 0. The van der Waals surface area contributed by atoms with Crippen molar-refractivity contribution in [3.63, 3.8) is 0 Å². The average Bonchev–Trinajstić information content (AvgIpc) is 2.36. The third-order valence-electron chi connectivity index (χ3n) is 2.97. The minimum absolute atomic E-state index is 0.206. The zero-order valence-corrected chi connectivity index (χ0v) is 10.5. The lowest BCUT2D eigenvalue weighted by molar-refractivity contribution is 0.296. The van der Waals surface area contributed by atoms with Crippen LogP contribution in [-0.2, 0) is 6.61 Å². The van der Waals surface area contributed by atoms with Crippen LogP contribution >= 0.6 is 0 Å². The lowest BCUT2D eigenvalue weighted by Gasteiger charge is -2.14. The summed E-state index contributed by atoms with van der Waals surface area (Å²) in [6.07, 6.45) is 0. The average molecular weight is 245 g/mol. The second-order valence-electron chi connectivity index (χ2n) is 4.31. The first kappa shape index (κ1) is 12.4. The monoisotopic (exact) mass is 245 g/mol. The molecule has 0 spiro atoms. The van der Waals surface area contributed by atoms with Crippen molar-refractivity contribution in [3.05, 3.63) is 58.9 Å². The van der Waals surface area contributed by atoms with Gasteiger partial charge in [0.05, 0.1) is 0 Å². The molecule has 0 aromatic heterocycles. The molecule has 0 heterocycles. The van der Waals surface area contributed by atoms with Crippen LogP contribution in [0.15, 0.2) is 36.4 Å². The molecule has 0 radical (unpaired) electrons. The van der Waals surface area contributed by atoms with Crippen LogP contribution in [0.25, 0.3) is 0 Å². The molecule has 3 heteroatoms. The number of halogens is 1. The molecule has 2 aromatic carbocycles. The maximum Gasteiger partial charge on any atom is 0.129 e. The van der Waals surface area contributed by atoms with Crippen LogP contribution in [0, 0.1) is 19.7 Å². The summed E-state index contributed by atoms with van der Waals surface area (Å²) in [5.41, 5.74) is 8.95. The Hall–Kier alpha value is -2.03. The van der Waals surface area contributed by atoms with Crippen molar-refractivity contribution in [1.82, 2.24) is 0 Å². The predicted molar refractivity (Wildman–Crippen MR) is 71.1 cm³/mol. The van der Waals surface area contributed by atoms with Gasteiger partial charge in [0, 0.05) is 16.8 Å². The van der Waals surface area contributed by atoms with Crippen molar-refractivity contribution >= 4 is 5.69 Å². The highest BCUT2D eigenvalue weighted by atomic mass is 19.1. The summed E-state index contributed by atoms with van der Waals surface area (Å²) in [5.74, 6) is 0.481. The van der Waals surface area contributed by atoms with E-state index >= 15 is 0 Å². The maximum atomic E-state index is 13.5. The summed E-state index contributed by atoms with van der Waals surface area (Å²) in [7, 11) is 0. The van der Waals surface area contributed by atoms with Gasteiger partial charge in [-0.15, -0.1) is 0 Å². The van der Waals surface area contributed by atoms with Gasteiger partial charge in [-0.25, -0.2) is 4.39 Å². The number of rotatable bonds is 3. The van der Waals surface area contributed by atoms with E-state index in [2.05, 4.69) is 0 Å². The van der Waals surface area contributed by atoms with Crippen LogP contribution in [0.2, 0.25) is 0 Å². The molecule has 0 amide bonds. The Morgan fingerprint density at radius 1 is 1.11 bits per heavy atom. The van der Waals surface area contributed by atoms with Gasteiger partial charge in [-0.2, -0.15) is 0 Å². The molecule has 18 heavy (non-hydrogen) atoms. The fraction of sp³-hybridized carbons (Fsp3) is 0.200. The number of anilines is 1. The van der Waals surface area contributed by atoms with Crippen LogP contribution in [0.5, 0.6) is 5.75 Å². The van der Waals surface area contributed by atoms with Gasteiger partial charge in [0.1, 0.15) is 18.2 Å². The highest BCUT2D eigenvalue weighted by molar-refractivity contribution is 5.56. The summed E-state index contributed by atoms with van der Waals surface area (Å²) in [4.78, 5) is 0. The molecule has 0 bridgehead atoms. The molecular formula is C15H16FNO. The van der Waals surface area contributed by atoms with E-state index in [0.717, 1.165) is 16.9 Å². The molecule has 0 saturated heterocycles. The molecule has 0 atom stereocenters. The Labute approximate surface area is 106 Å². The van der Waals surface area contributed by atoms with Crippen molar-refractivity contribution in [3.8, 4) is 5.75 Å². The number of nitrogen functional groups attached to an aromatic ring is 1. The number of aryl methyl sites for hydroxylation is 1. The van der Waals surface area contributed by atoms with Crippen molar-refractivity contribution in [2.24, 2.45) is 0 Å². The third kappa shape index (κ3) is 2.45. The molecular weight excluding hydrogens is 229 g/mol. The fourth-order valence-corrected chi connectivity index (χ4v) is 1.83. The van der Waals surface area contributed by atoms with Crippen molar-refractivity contribution in [1.29, 1.82) is 0 Å². The minimum atomic E-state index is -0.253. The van der Waals surface area contributed by atoms with Gasteiger partial charge in [-0.1, -0.05) is 24.3 Å². The smallest absolute Gasteiger partial charge is 0.129 e. The van der Waals surface area contributed by atoms with Crippen molar-refractivity contribution < 1.29 is 9.13 Å². The number of ether oxygens (including phenoxy) is 1. The van der Waals surface area contributed by atoms with E-state index in [1.165, 1.54) is 6.07 Å². The van der Waals surface area contributed by atoms with Crippen LogP contribution < -0.4 is 10.5 Å². The zero-order valence-electron chi connectivity index (χ0n) is 10.5. The molecule has 0 unspecified atom stereocenters. The summed E-state index contributed by atoms with van der Waals surface area (Å²) in [6.45, 7) is 4.06. The normalized spacial score (nSPS) is 10.4. The predicted octanol–water partition coefficient (Wildman–Crippen LogP) is 3.60. The quantitative estimate of drug-likeness (QED) is 0.838. The Morgan fingerprint density at radius 3 is 2.56 bits per heavy atom. The molecule has 0 saturated carbocycles. The molecule has 0 fully saturated rings. The molecule has 0 aliphatic rings. The standard InChI is InChI=1S/C15H16FNO/c1-10-7-8-14(17)11(2)15(10)18-9-12-5-3-4-6-13(12)16/h3-8H,9,17H2,1-2H3. The topological polar surface area (TPSA) is 35.2 Å². The lowest BCUT2D eigenvalue weighted by Crippen LogP contribution is -2.02. The summed E-state index contributed by atoms with van der Waals surface area (Å²) in [6, 6.07) is 10.3. The van der Waals surface area contributed by atoms with E-state index in [1.54, 1.807) is 18.2 Å². The van der Waals surface area contributed by atoms with Gasteiger partial charge in [0.15, 0.2) is 0 Å². The van der Waals surface area contributed by atoms with E-state index in [0.29, 0.717) is 11.3 Å². The molecule has 2 nitrogen and oxygen atoms in total. The molecule has 2 rings (SSSR count). The van der Waals surface area contributed by atoms with Gasteiger partial charge in [0.2, 0.25) is 0 Å². The molecule has 2 aromatic rings. The van der Waals surface area contributed by atoms with Gasteiger partial charge in [-0.05, 0) is 31.5 Å². The number of benzene rings is 2. The largest absolute Gasteiger partial charge is 0.488 e. The SMILES string of the molecule is Cc1ccc(N)c(C)c1OCc1ccccc1F. The first-order valence-corrected chi connectivity index (χ1v) is 5.81. The molecule has 2 N–H and O–H groups in total. The van der Waals surface area contributed by atoms with Gasteiger partial charge in [0.25, 0.3) is 0 Å². The fourth-order valence-electron chi connectivity index (χ4n) is 1.83. The maximum absolute atomic E-state index is 13.5. The number of hydrogen-bond donors (Lipinski definition) is 1. The first-order chi connectivity index (χ1) is 8.59. The zero-order chi connectivity index (χ0) is 13.1. The molecule has 0 aliphatic heterocycles. The van der Waals surface area contributed by atoms with Gasteiger partial charge >= 0.3 is 0 Å². The van der Waals surface area contributed by atoms with Crippen LogP contribution in [-0.4, -0.2) is 0 Å². The third-order valence-corrected chi connectivity index (χ3v) is 2.97. The van der Waals surface area contributed by atoms with Gasteiger partial charge < -0.3 is 10.5 Å². The van der Waals surface area contributed by atoms with Crippen molar-refractivity contribution in [2.45, 2.75) is 20.5 Å². The Bertz CT molecular complexity index is 566. The lowest BCUT2D eigenvalue weighted by atomic mass is 10.1. The van der Waals surface area contributed by atoms with E-state index in [9.17, 15) is 4.39 Å². The second kappa shape index (κ2) is 5.08. The van der Waals surface area contributed by atoms with Crippen molar-refractivity contribution in [2.75, 3.05) is 5.73 Å². The highest BCUT2D eigenvalue weighted by Crippen LogP contribution is 2.28. The number of nitrogens with two attached hydrogens (primary N) is 1. The van der Waals surface area contributed by atoms with Crippen LogP contribution in [0.1, 0.15) is 16.7 Å². The van der Waals surface area contributed by atoms with Crippen LogP contribution in [0.3, 0.4) is 0 Å². The highest BCUT2D eigenvalue weighted by Gasteiger charge is 2.08. The Kier molecular flexibility index (Phi) is 3.51. The minimum Gasteiger partial charge on any atom is -0.488 e. The number of hydrogen-bond acceptors (Lipinski definition) is 2. The Morgan fingerprint density at radius 2 is 1.83 bits per heavy atom. The van der Waals surface area contributed by atoms with Crippen LogP contribution in [0.4, 0.5) is 10.1 Å². The summed E-state index contributed by atoms with van der Waals surface area (Å²) in [5, 5.41) is 0. The second-order valence-corrected chi connectivity index (χ2v) is 4.31. The first-order valence-electron chi connectivity index (χ1n) is 5.81. The Balaban J connectivity index is 2.21. The van der Waals surface area contributed by atoms with E-state index in [4.69, 9.17) is 10.5 Å². The van der Waals surface area contributed by atoms with Gasteiger partial charge in [-0.3, -0.25) is 0 Å². The summed E-state index contributed by atoms with van der Waals surface area (Å²) < 4.78 is 19.2. The van der Waals surface area contributed by atoms with E-state index in [-0.39, 0.29) is 12.4 Å². The molecule has 0 aliphatic carbocycles.